The van der Waals surface area contributed by atoms with Gasteiger partial charge in [-0.1, -0.05) is 25.0 Å². The molecule has 0 unspecified atom stereocenters. The fourth-order valence-electron chi connectivity index (χ4n) is 2.66. The number of carbonyl (C=O) groups is 1. The number of hydrogen-bond acceptors (Lipinski definition) is 3. The number of anilines is 1. The van der Waals surface area contributed by atoms with Crippen molar-refractivity contribution >= 4 is 11.7 Å². The minimum atomic E-state index is -0.427. The summed E-state index contributed by atoms with van der Waals surface area (Å²) in [5, 5.41) is 0. The van der Waals surface area contributed by atoms with Crippen molar-refractivity contribution in [3.05, 3.63) is 29.8 Å². The summed E-state index contributed by atoms with van der Waals surface area (Å²) >= 11 is 0. The van der Waals surface area contributed by atoms with Gasteiger partial charge in [-0.25, -0.2) is 0 Å². The van der Waals surface area contributed by atoms with Crippen molar-refractivity contribution in [1.82, 2.24) is 0 Å². The quantitative estimate of drug-likeness (QED) is 0.645. The van der Waals surface area contributed by atoms with Crippen molar-refractivity contribution in [2.45, 2.75) is 38.0 Å². The van der Waals surface area contributed by atoms with E-state index in [4.69, 9.17) is 10.5 Å². The highest BCUT2D eigenvalue weighted by molar-refractivity contribution is 5.83. The predicted molar refractivity (Wildman–Crippen MR) is 67.6 cm³/mol. The summed E-state index contributed by atoms with van der Waals surface area (Å²) in [7, 11) is 0. The van der Waals surface area contributed by atoms with Crippen LogP contribution in [0.3, 0.4) is 0 Å². The normalized spacial score (nSPS) is 17.9. The number of hydrogen-bond donors (Lipinski definition) is 1. The largest absolute Gasteiger partial charge is 0.465 e. The molecule has 1 aliphatic carbocycles. The van der Waals surface area contributed by atoms with Crippen LogP contribution in [0.15, 0.2) is 24.3 Å². The van der Waals surface area contributed by atoms with E-state index in [2.05, 4.69) is 0 Å². The highest BCUT2D eigenvalue weighted by atomic mass is 16.5. The van der Waals surface area contributed by atoms with E-state index in [1.165, 1.54) is 0 Å². The SMILES string of the molecule is CCOC(=O)C1(c2ccc(N)cc2)CCCC1. The van der Waals surface area contributed by atoms with Crippen LogP contribution >= 0.6 is 0 Å². The Morgan fingerprint density at radius 3 is 2.41 bits per heavy atom. The van der Waals surface area contributed by atoms with Crippen molar-refractivity contribution < 1.29 is 9.53 Å². The predicted octanol–water partition coefficient (Wildman–Crippen LogP) is 2.64. The highest BCUT2D eigenvalue weighted by Gasteiger charge is 2.43. The van der Waals surface area contributed by atoms with Gasteiger partial charge in [0.2, 0.25) is 0 Å². The van der Waals surface area contributed by atoms with Crippen molar-refractivity contribution in [3.63, 3.8) is 0 Å². The van der Waals surface area contributed by atoms with Crippen LogP contribution in [-0.2, 0) is 14.9 Å². The van der Waals surface area contributed by atoms with Gasteiger partial charge in [0.15, 0.2) is 0 Å². The summed E-state index contributed by atoms with van der Waals surface area (Å²) < 4.78 is 5.24. The van der Waals surface area contributed by atoms with Crippen LogP contribution in [0, 0.1) is 0 Å². The zero-order valence-electron chi connectivity index (χ0n) is 10.2. The molecule has 0 aliphatic heterocycles. The molecule has 2 N–H and O–H groups in total. The Kier molecular flexibility index (Phi) is 3.36. The van der Waals surface area contributed by atoms with Gasteiger partial charge < -0.3 is 10.5 Å². The second-order valence-corrected chi connectivity index (χ2v) is 4.63. The third-order valence-corrected chi connectivity index (χ3v) is 3.59. The van der Waals surface area contributed by atoms with Crippen LogP contribution in [0.25, 0.3) is 0 Å². The third-order valence-electron chi connectivity index (χ3n) is 3.59. The third kappa shape index (κ3) is 2.14. The van der Waals surface area contributed by atoms with E-state index in [-0.39, 0.29) is 5.97 Å². The second-order valence-electron chi connectivity index (χ2n) is 4.63. The molecule has 0 spiro atoms. The zero-order chi connectivity index (χ0) is 12.3. The number of esters is 1. The molecule has 1 aromatic carbocycles. The Hall–Kier alpha value is -1.51. The van der Waals surface area contributed by atoms with Crippen LogP contribution in [0.5, 0.6) is 0 Å². The minimum absolute atomic E-state index is 0.0812. The van der Waals surface area contributed by atoms with Crippen molar-refractivity contribution in [1.29, 1.82) is 0 Å². The van der Waals surface area contributed by atoms with Gasteiger partial charge in [-0.05, 0) is 37.5 Å². The number of benzene rings is 1. The number of rotatable bonds is 3. The first kappa shape index (κ1) is 12.0. The molecule has 3 nitrogen and oxygen atoms in total. The molecular weight excluding hydrogens is 214 g/mol. The van der Waals surface area contributed by atoms with Gasteiger partial charge in [-0.2, -0.15) is 0 Å². The molecular formula is C14H19NO2. The van der Waals surface area contributed by atoms with E-state index in [0.29, 0.717) is 6.61 Å². The topological polar surface area (TPSA) is 52.3 Å². The van der Waals surface area contributed by atoms with Crippen LogP contribution in [0.2, 0.25) is 0 Å². The average molecular weight is 233 g/mol. The fourth-order valence-corrected chi connectivity index (χ4v) is 2.66. The summed E-state index contributed by atoms with van der Waals surface area (Å²) in [6, 6.07) is 7.62. The smallest absolute Gasteiger partial charge is 0.316 e. The first-order valence-electron chi connectivity index (χ1n) is 6.22. The summed E-state index contributed by atoms with van der Waals surface area (Å²) in [6.07, 6.45) is 3.94. The first-order chi connectivity index (χ1) is 8.19. The van der Waals surface area contributed by atoms with E-state index < -0.39 is 5.41 Å². The van der Waals surface area contributed by atoms with Gasteiger partial charge in [0, 0.05) is 5.69 Å². The van der Waals surface area contributed by atoms with Gasteiger partial charge in [0.1, 0.15) is 0 Å². The Morgan fingerprint density at radius 2 is 1.88 bits per heavy atom. The van der Waals surface area contributed by atoms with E-state index in [0.717, 1.165) is 36.9 Å². The summed E-state index contributed by atoms with van der Waals surface area (Å²) in [5.41, 5.74) is 7.03. The zero-order valence-corrected chi connectivity index (χ0v) is 10.2. The molecule has 0 radical (unpaired) electrons. The number of ether oxygens (including phenoxy) is 1. The molecule has 2 rings (SSSR count). The molecule has 1 fully saturated rings. The van der Waals surface area contributed by atoms with Crippen LogP contribution in [-0.4, -0.2) is 12.6 Å². The minimum Gasteiger partial charge on any atom is -0.465 e. The maximum absolute atomic E-state index is 12.2. The van der Waals surface area contributed by atoms with Gasteiger partial charge in [-0.3, -0.25) is 4.79 Å². The Morgan fingerprint density at radius 1 is 1.29 bits per heavy atom. The maximum atomic E-state index is 12.2. The summed E-state index contributed by atoms with van der Waals surface area (Å²) in [4.78, 5) is 12.2. The van der Waals surface area contributed by atoms with Crippen LogP contribution < -0.4 is 5.73 Å². The lowest BCUT2D eigenvalue weighted by molar-refractivity contribution is -0.150. The van der Waals surface area contributed by atoms with Gasteiger partial charge >= 0.3 is 5.97 Å². The Labute approximate surface area is 102 Å². The van der Waals surface area contributed by atoms with Crippen molar-refractivity contribution in [2.24, 2.45) is 0 Å². The highest BCUT2D eigenvalue weighted by Crippen LogP contribution is 2.42. The van der Waals surface area contributed by atoms with Gasteiger partial charge in [0.25, 0.3) is 0 Å². The number of nitrogens with two attached hydrogens (primary N) is 1. The maximum Gasteiger partial charge on any atom is 0.316 e. The molecule has 1 aromatic rings. The van der Waals surface area contributed by atoms with E-state index in [1.54, 1.807) is 0 Å². The lowest BCUT2D eigenvalue weighted by Gasteiger charge is -2.27. The fraction of sp³-hybridized carbons (Fsp3) is 0.500. The molecule has 1 aliphatic rings. The van der Waals surface area contributed by atoms with Crippen LogP contribution in [0.4, 0.5) is 5.69 Å². The molecule has 0 amide bonds. The molecule has 3 heteroatoms. The first-order valence-corrected chi connectivity index (χ1v) is 6.22. The monoisotopic (exact) mass is 233 g/mol. The van der Waals surface area contributed by atoms with Crippen molar-refractivity contribution in [2.75, 3.05) is 12.3 Å². The van der Waals surface area contributed by atoms with E-state index in [1.807, 2.05) is 31.2 Å². The lowest BCUT2D eigenvalue weighted by Crippen LogP contribution is -2.34. The molecule has 0 atom stereocenters. The molecule has 0 saturated heterocycles. The molecule has 17 heavy (non-hydrogen) atoms. The van der Waals surface area contributed by atoms with Crippen molar-refractivity contribution in [3.8, 4) is 0 Å². The Bertz CT molecular complexity index is 391. The average Bonchev–Trinajstić information content (AvgIpc) is 2.81. The number of carbonyl (C=O) groups excluding carboxylic acids is 1. The summed E-state index contributed by atoms with van der Waals surface area (Å²) in [5.74, 6) is -0.0812. The number of nitrogen functional groups attached to an aromatic ring is 1. The molecule has 92 valence electrons. The lowest BCUT2D eigenvalue weighted by atomic mass is 9.79. The summed E-state index contributed by atoms with van der Waals surface area (Å²) in [6.45, 7) is 2.29. The molecule has 0 bridgehead atoms. The second kappa shape index (κ2) is 4.78. The van der Waals surface area contributed by atoms with Gasteiger partial charge in [0.05, 0.1) is 12.0 Å². The standard InChI is InChI=1S/C14H19NO2/c1-2-17-13(16)14(9-3-4-10-14)11-5-7-12(15)8-6-11/h5-8H,2-4,9-10,15H2,1H3. The van der Waals surface area contributed by atoms with Gasteiger partial charge in [-0.15, -0.1) is 0 Å². The van der Waals surface area contributed by atoms with E-state index >= 15 is 0 Å². The molecule has 1 saturated carbocycles. The van der Waals surface area contributed by atoms with E-state index in [9.17, 15) is 4.79 Å². The van der Waals surface area contributed by atoms with Crippen LogP contribution in [0.1, 0.15) is 38.2 Å². The Balaban J connectivity index is 2.34. The molecule has 0 heterocycles. The molecule has 0 aromatic heterocycles.